The number of H-pyrrole nitrogens is 1. The van der Waals surface area contributed by atoms with Crippen LogP contribution in [0.2, 0.25) is 0 Å². The topological polar surface area (TPSA) is 79.9 Å². The number of nitrogens with zero attached hydrogens (tertiary/aromatic N) is 2. The lowest BCUT2D eigenvalue weighted by Gasteiger charge is -2.08. The van der Waals surface area contributed by atoms with Crippen molar-refractivity contribution in [2.24, 2.45) is 0 Å². The lowest BCUT2D eigenvalue weighted by molar-refractivity contribution is -0.113. The Bertz CT molecular complexity index is 1200. The highest BCUT2D eigenvalue weighted by Gasteiger charge is 2.14. The third-order valence-electron chi connectivity index (χ3n) is 4.96. The first kappa shape index (κ1) is 20.0. The van der Waals surface area contributed by atoms with Gasteiger partial charge in [0.25, 0.3) is 0 Å². The van der Waals surface area contributed by atoms with Gasteiger partial charge in [-0.3, -0.25) is 4.79 Å². The molecule has 4 rings (SSSR count). The Labute approximate surface area is 179 Å². The van der Waals surface area contributed by atoms with Crippen LogP contribution in [0.1, 0.15) is 11.1 Å². The van der Waals surface area contributed by atoms with Gasteiger partial charge in [0.15, 0.2) is 0 Å². The van der Waals surface area contributed by atoms with E-state index in [2.05, 4.69) is 20.3 Å². The monoisotopic (exact) mass is 418 g/mol. The number of ether oxygens (including phenoxy) is 1. The van der Waals surface area contributed by atoms with E-state index in [-0.39, 0.29) is 11.7 Å². The second-order valence-corrected chi connectivity index (χ2v) is 7.93. The van der Waals surface area contributed by atoms with E-state index >= 15 is 0 Å². The lowest BCUT2D eigenvalue weighted by atomic mass is 10.1. The van der Waals surface area contributed by atoms with Crippen LogP contribution < -0.4 is 10.1 Å². The van der Waals surface area contributed by atoms with Gasteiger partial charge in [0.2, 0.25) is 5.91 Å². The largest absolute Gasteiger partial charge is 0.497 e. The highest BCUT2D eigenvalue weighted by molar-refractivity contribution is 8.00. The van der Waals surface area contributed by atoms with Gasteiger partial charge in [-0.05, 0) is 54.8 Å². The lowest BCUT2D eigenvalue weighted by Crippen LogP contribution is -2.14. The number of anilines is 1. The molecule has 2 heterocycles. The number of hydrogen-bond acceptors (Lipinski definition) is 5. The third kappa shape index (κ3) is 4.16. The van der Waals surface area contributed by atoms with Crippen LogP contribution in [0.4, 0.5) is 5.69 Å². The first-order chi connectivity index (χ1) is 14.5. The van der Waals surface area contributed by atoms with E-state index in [1.54, 1.807) is 7.11 Å². The fourth-order valence-electron chi connectivity index (χ4n) is 3.17. The maximum Gasteiger partial charge on any atom is 0.234 e. The number of aromatic nitrogens is 3. The minimum Gasteiger partial charge on any atom is -0.497 e. The van der Waals surface area contributed by atoms with Crippen LogP contribution >= 0.6 is 11.8 Å². The summed E-state index contributed by atoms with van der Waals surface area (Å²) in [6.07, 6.45) is 3.45. The molecule has 0 aliphatic heterocycles. The highest BCUT2D eigenvalue weighted by Crippen LogP contribution is 2.32. The van der Waals surface area contributed by atoms with E-state index in [1.807, 2.05) is 62.5 Å². The molecule has 0 unspecified atom stereocenters. The highest BCUT2D eigenvalue weighted by atomic mass is 32.2. The molecule has 0 spiro atoms. The molecule has 0 atom stereocenters. The maximum atomic E-state index is 12.4. The number of benzene rings is 2. The molecule has 1 amide bonds. The first-order valence-corrected chi connectivity index (χ1v) is 10.5. The molecular formula is C23H22N4O2S. The maximum absolute atomic E-state index is 12.4. The van der Waals surface area contributed by atoms with Crippen molar-refractivity contribution in [2.45, 2.75) is 18.9 Å². The summed E-state index contributed by atoms with van der Waals surface area (Å²) < 4.78 is 5.23. The normalized spacial score (nSPS) is 10.9. The van der Waals surface area contributed by atoms with Gasteiger partial charge in [-0.1, -0.05) is 30.0 Å². The summed E-state index contributed by atoms with van der Waals surface area (Å²) >= 11 is 1.38. The van der Waals surface area contributed by atoms with Gasteiger partial charge in [-0.25, -0.2) is 9.97 Å². The molecule has 7 heteroatoms. The molecular weight excluding hydrogens is 396 g/mol. The molecule has 2 N–H and O–H groups in total. The number of rotatable bonds is 6. The van der Waals surface area contributed by atoms with Gasteiger partial charge in [0, 0.05) is 17.4 Å². The summed E-state index contributed by atoms with van der Waals surface area (Å²) in [4.78, 5) is 24.5. The first-order valence-electron chi connectivity index (χ1n) is 9.51. The zero-order valence-electron chi connectivity index (χ0n) is 17.0. The van der Waals surface area contributed by atoms with Crippen molar-refractivity contribution in [2.75, 3.05) is 18.2 Å². The van der Waals surface area contributed by atoms with Crippen LogP contribution in [-0.4, -0.2) is 33.7 Å². The van der Waals surface area contributed by atoms with E-state index in [0.717, 1.165) is 44.2 Å². The van der Waals surface area contributed by atoms with E-state index in [0.29, 0.717) is 0 Å². The van der Waals surface area contributed by atoms with Gasteiger partial charge in [-0.2, -0.15) is 0 Å². The minimum absolute atomic E-state index is 0.0723. The van der Waals surface area contributed by atoms with Crippen molar-refractivity contribution >= 4 is 34.4 Å². The summed E-state index contributed by atoms with van der Waals surface area (Å²) in [5, 5.41) is 3.69. The predicted octanol–water partition coefficient (Wildman–Crippen LogP) is 4.98. The number of aryl methyl sites for hydroxylation is 2. The Morgan fingerprint density at radius 2 is 1.90 bits per heavy atom. The molecule has 30 heavy (non-hydrogen) atoms. The van der Waals surface area contributed by atoms with Crippen molar-refractivity contribution in [1.29, 1.82) is 0 Å². The molecule has 0 bridgehead atoms. The van der Waals surface area contributed by atoms with E-state index in [1.165, 1.54) is 23.7 Å². The molecule has 0 saturated carbocycles. The van der Waals surface area contributed by atoms with Crippen molar-refractivity contribution in [3.8, 4) is 16.9 Å². The number of nitrogens with one attached hydrogen (secondary N) is 2. The zero-order chi connectivity index (χ0) is 21.1. The average molecular weight is 419 g/mol. The SMILES string of the molecule is COc1ccc(-c2c[nH]c3c(SCC(=O)Nc4ccc(C)c(C)c4)ncnc23)cc1. The summed E-state index contributed by atoms with van der Waals surface area (Å²) in [7, 11) is 1.65. The Hall–Kier alpha value is -3.32. The number of thioether (sulfide) groups is 1. The van der Waals surface area contributed by atoms with Gasteiger partial charge >= 0.3 is 0 Å². The van der Waals surface area contributed by atoms with Crippen LogP contribution in [0.15, 0.2) is 60.0 Å². The van der Waals surface area contributed by atoms with Gasteiger partial charge in [-0.15, -0.1) is 0 Å². The summed E-state index contributed by atoms with van der Waals surface area (Å²) in [5.74, 6) is 0.992. The molecule has 0 aliphatic rings. The molecule has 2 aromatic carbocycles. The van der Waals surface area contributed by atoms with Crippen molar-refractivity contribution in [3.63, 3.8) is 0 Å². The molecule has 2 aromatic heterocycles. The zero-order valence-corrected chi connectivity index (χ0v) is 17.8. The quantitative estimate of drug-likeness (QED) is 0.341. The van der Waals surface area contributed by atoms with E-state index in [9.17, 15) is 4.79 Å². The molecule has 0 aliphatic carbocycles. The van der Waals surface area contributed by atoms with Crippen LogP contribution in [0, 0.1) is 13.8 Å². The minimum atomic E-state index is -0.0723. The van der Waals surface area contributed by atoms with Gasteiger partial charge in [0.1, 0.15) is 22.6 Å². The molecule has 0 fully saturated rings. The van der Waals surface area contributed by atoms with Crippen LogP contribution in [0.5, 0.6) is 5.75 Å². The smallest absolute Gasteiger partial charge is 0.234 e. The third-order valence-corrected chi connectivity index (χ3v) is 5.95. The number of carbonyl (C=O) groups excluding carboxylic acids is 1. The van der Waals surface area contributed by atoms with E-state index in [4.69, 9.17) is 4.74 Å². The second kappa shape index (κ2) is 8.59. The number of amides is 1. The molecule has 6 nitrogen and oxygen atoms in total. The van der Waals surface area contributed by atoms with Crippen LogP contribution in [0.25, 0.3) is 22.2 Å². The number of aromatic amines is 1. The molecule has 152 valence electrons. The van der Waals surface area contributed by atoms with E-state index < -0.39 is 0 Å². The van der Waals surface area contributed by atoms with Gasteiger partial charge < -0.3 is 15.0 Å². The second-order valence-electron chi connectivity index (χ2n) is 6.97. The fourth-order valence-corrected chi connectivity index (χ4v) is 3.93. The summed E-state index contributed by atoms with van der Waals surface area (Å²) in [6, 6.07) is 13.7. The predicted molar refractivity (Wildman–Crippen MR) is 121 cm³/mol. The van der Waals surface area contributed by atoms with Gasteiger partial charge in [0.05, 0.1) is 18.4 Å². The number of hydrogen-bond donors (Lipinski definition) is 2. The Balaban J connectivity index is 1.50. The number of fused-ring (bicyclic) bond motifs is 1. The molecule has 4 aromatic rings. The molecule has 0 radical (unpaired) electrons. The number of methoxy groups -OCH3 is 1. The molecule has 0 saturated heterocycles. The van der Waals surface area contributed by atoms with Crippen molar-refractivity contribution in [1.82, 2.24) is 15.0 Å². The summed E-state index contributed by atoms with van der Waals surface area (Å²) in [5.41, 5.74) is 6.82. The van der Waals surface area contributed by atoms with Crippen LogP contribution in [-0.2, 0) is 4.79 Å². The van der Waals surface area contributed by atoms with Crippen molar-refractivity contribution < 1.29 is 9.53 Å². The Kier molecular flexibility index (Phi) is 5.72. The fraction of sp³-hybridized carbons (Fsp3) is 0.174. The summed E-state index contributed by atoms with van der Waals surface area (Å²) in [6.45, 7) is 4.08. The van der Waals surface area contributed by atoms with Crippen molar-refractivity contribution in [3.05, 3.63) is 66.1 Å². The average Bonchev–Trinajstić information content (AvgIpc) is 3.20. The Morgan fingerprint density at radius 3 is 2.63 bits per heavy atom. The van der Waals surface area contributed by atoms with Crippen LogP contribution in [0.3, 0.4) is 0 Å². The Morgan fingerprint density at radius 1 is 1.10 bits per heavy atom. The standard InChI is InChI=1S/C23H22N4O2S/c1-14-4-7-17(10-15(14)2)27-20(28)12-30-23-22-21(25-13-26-23)19(11-24-22)16-5-8-18(29-3)9-6-16/h4-11,13,24H,12H2,1-3H3,(H,27,28). The number of carbonyl (C=O) groups is 1.